The highest BCUT2D eigenvalue weighted by atomic mass is 19.1. The van der Waals surface area contributed by atoms with Gasteiger partial charge in [-0.1, -0.05) is 12.1 Å². The van der Waals surface area contributed by atoms with Crippen molar-refractivity contribution in [3.8, 4) is 0 Å². The molecule has 0 spiro atoms. The van der Waals surface area contributed by atoms with Gasteiger partial charge in [-0.15, -0.1) is 0 Å². The van der Waals surface area contributed by atoms with E-state index in [0.717, 1.165) is 11.4 Å². The smallest absolute Gasteiger partial charge is 0.242 e. The van der Waals surface area contributed by atoms with Gasteiger partial charge in [0.25, 0.3) is 0 Å². The molecule has 1 aromatic heterocycles. The van der Waals surface area contributed by atoms with Crippen LogP contribution in [0.15, 0.2) is 24.3 Å². The number of hydrogen-bond acceptors (Lipinski definition) is 3. The van der Waals surface area contributed by atoms with Crippen LogP contribution in [0.2, 0.25) is 0 Å². The summed E-state index contributed by atoms with van der Waals surface area (Å²) in [4.78, 5) is 14.3. The van der Waals surface area contributed by atoms with Crippen molar-refractivity contribution in [2.75, 3.05) is 20.6 Å². The molecule has 24 heavy (non-hydrogen) atoms. The van der Waals surface area contributed by atoms with Gasteiger partial charge in [0, 0.05) is 12.2 Å². The highest BCUT2D eigenvalue weighted by molar-refractivity contribution is 5.83. The number of aryl methyl sites for hydroxylation is 1. The van der Waals surface area contributed by atoms with E-state index in [0.29, 0.717) is 18.7 Å². The van der Waals surface area contributed by atoms with Gasteiger partial charge in [0.2, 0.25) is 5.91 Å². The highest BCUT2D eigenvalue weighted by Gasteiger charge is 2.23. The number of likely N-dealkylation sites (N-methyl/N-ethyl adjacent to an activating group) is 1. The number of halogens is 1. The molecule has 0 fully saturated rings. The summed E-state index contributed by atoms with van der Waals surface area (Å²) in [6.07, 6.45) is 0. The average Bonchev–Trinajstić information content (AvgIpc) is 2.74. The quantitative estimate of drug-likeness (QED) is 0.883. The predicted octanol–water partition coefficient (Wildman–Crippen LogP) is 2.37. The summed E-state index contributed by atoms with van der Waals surface area (Å²) in [7, 11) is 3.61. The van der Waals surface area contributed by atoms with E-state index < -0.39 is 6.04 Å². The Hall–Kier alpha value is -2.21. The van der Waals surface area contributed by atoms with Crippen molar-refractivity contribution >= 4 is 5.91 Å². The van der Waals surface area contributed by atoms with Crippen molar-refractivity contribution in [2.24, 2.45) is 0 Å². The highest BCUT2D eigenvalue weighted by Crippen LogP contribution is 2.19. The van der Waals surface area contributed by atoms with Gasteiger partial charge in [-0.25, -0.2) is 4.39 Å². The Morgan fingerprint density at radius 2 is 2.04 bits per heavy atom. The zero-order valence-corrected chi connectivity index (χ0v) is 14.9. The van der Waals surface area contributed by atoms with E-state index in [4.69, 9.17) is 0 Å². The lowest BCUT2D eigenvalue weighted by Gasteiger charge is -2.24. The standard InChI is InChI=1S/C18H25FN4O/c1-12-13(2)21-23(14(12)3)10-9-20-18(24)17(22(4)5)15-7-6-8-16(19)11-15/h6-8,11,17H,9-10H2,1-5H3,(H,20,24)/t17-/m1/s1. The number of carbonyl (C=O) groups is 1. The van der Waals surface area contributed by atoms with Crippen molar-refractivity contribution in [3.05, 3.63) is 52.6 Å². The van der Waals surface area contributed by atoms with Crippen LogP contribution in [0.4, 0.5) is 4.39 Å². The van der Waals surface area contributed by atoms with Crippen molar-refractivity contribution < 1.29 is 9.18 Å². The summed E-state index contributed by atoms with van der Waals surface area (Å²) in [5.41, 5.74) is 3.92. The van der Waals surface area contributed by atoms with Crippen LogP contribution in [0.1, 0.15) is 28.6 Å². The van der Waals surface area contributed by atoms with Crippen molar-refractivity contribution in [2.45, 2.75) is 33.4 Å². The average molecular weight is 332 g/mol. The SMILES string of the molecule is Cc1nn(CCNC(=O)[C@@H](c2cccc(F)c2)N(C)C)c(C)c1C. The predicted molar refractivity (Wildman–Crippen MR) is 92.3 cm³/mol. The fourth-order valence-corrected chi connectivity index (χ4v) is 2.75. The van der Waals surface area contributed by atoms with Crippen molar-refractivity contribution in [1.82, 2.24) is 20.0 Å². The van der Waals surface area contributed by atoms with E-state index in [1.165, 1.54) is 17.7 Å². The van der Waals surface area contributed by atoms with Gasteiger partial charge in [0.1, 0.15) is 11.9 Å². The van der Waals surface area contributed by atoms with E-state index in [-0.39, 0.29) is 11.7 Å². The molecule has 1 atom stereocenters. The maximum Gasteiger partial charge on any atom is 0.242 e. The van der Waals surface area contributed by atoms with E-state index in [1.54, 1.807) is 31.1 Å². The van der Waals surface area contributed by atoms with Crippen LogP contribution in [-0.4, -0.2) is 41.2 Å². The Kier molecular flexibility index (Phi) is 5.72. The number of nitrogens with zero attached hydrogens (tertiary/aromatic N) is 3. The second-order valence-electron chi connectivity index (χ2n) is 6.23. The van der Waals surface area contributed by atoms with Crippen LogP contribution >= 0.6 is 0 Å². The first-order valence-electron chi connectivity index (χ1n) is 8.01. The lowest BCUT2D eigenvalue weighted by atomic mass is 10.1. The molecule has 1 heterocycles. The summed E-state index contributed by atoms with van der Waals surface area (Å²) in [6.45, 7) is 7.12. The number of hydrogen-bond donors (Lipinski definition) is 1. The fraction of sp³-hybridized carbons (Fsp3) is 0.444. The molecule has 0 unspecified atom stereocenters. The minimum absolute atomic E-state index is 0.149. The summed E-state index contributed by atoms with van der Waals surface area (Å²) in [5.74, 6) is -0.492. The molecule has 0 aliphatic rings. The monoisotopic (exact) mass is 332 g/mol. The molecule has 1 aromatic carbocycles. The zero-order valence-electron chi connectivity index (χ0n) is 14.9. The minimum atomic E-state index is -0.525. The number of aromatic nitrogens is 2. The number of rotatable bonds is 6. The molecule has 1 N–H and O–H groups in total. The molecule has 0 bridgehead atoms. The van der Waals surface area contributed by atoms with Gasteiger partial charge in [-0.2, -0.15) is 5.10 Å². The van der Waals surface area contributed by atoms with E-state index in [1.807, 2.05) is 25.5 Å². The number of carbonyl (C=O) groups excluding carboxylic acids is 1. The summed E-state index contributed by atoms with van der Waals surface area (Å²) in [6, 6.07) is 5.63. The van der Waals surface area contributed by atoms with Gasteiger partial charge >= 0.3 is 0 Å². The Labute approximate surface area is 142 Å². The Balaban J connectivity index is 2.02. The lowest BCUT2D eigenvalue weighted by Crippen LogP contribution is -2.38. The molecule has 0 aliphatic heterocycles. The van der Waals surface area contributed by atoms with Gasteiger partial charge in [-0.05, 0) is 58.1 Å². The maximum atomic E-state index is 13.5. The largest absolute Gasteiger partial charge is 0.353 e. The third-order valence-electron chi connectivity index (χ3n) is 4.30. The van der Waals surface area contributed by atoms with Crippen LogP contribution in [-0.2, 0) is 11.3 Å². The minimum Gasteiger partial charge on any atom is -0.353 e. The van der Waals surface area contributed by atoms with E-state index in [2.05, 4.69) is 10.4 Å². The molecular formula is C18H25FN4O. The van der Waals surface area contributed by atoms with Gasteiger partial charge in [-0.3, -0.25) is 14.4 Å². The molecule has 0 aliphatic carbocycles. The molecular weight excluding hydrogens is 307 g/mol. The van der Waals surface area contributed by atoms with Crippen LogP contribution in [0, 0.1) is 26.6 Å². The van der Waals surface area contributed by atoms with Gasteiger partial charge in [0.15, 0.2) is 0 Å². The Morgan fingerprint density at radius 1 is 1.33 bits per heavy atom. The lowest BCUT2D eigenvalue weighted by molar-refractivity contribution is -0.125. The fourth-order valence-electron chi connectivity index (χ4n) is 2.75. The molecule has 0 saturated heterocycles. The van der Waals surface area contributed by atoms with Crippen LogP contribution in [0.25, 0.3) is 0 Å². The van der Waals surface area contributed by atoms with Gasteiger partial charge in [0.05, 0.1) is 12.2 Å². The maximum absolute atomic E-state index is 13.5. The summed E-state index contributed by atoms with van der Waals surface area (Å²) < 4.78 is 15.4. The van der Waals surface area contributed by atoms with Crippen molar-refractivity contribution in [1.29, 1.82) is 0 Å². The van der Waals surface area contributed by atoms with Crippen molar-refractivity contribution in [3.63, 3.8) is 0 Å². The molecule has 2 aromatic rings. The van der Waals surface area contributed by atoms with Crippen LogP contribution < -0.4 is 5.32 Å². The number of amides is 1. The molecule has 5 nitrogen and oxygen atoms in total. The second-order valence-corrected chi connectivity index (χ2v) is 6.23. The number of benzene rings is 1. The first-order valence-corrected chi connectivity index (χ1v) is 8.01. The summed E-state index contributed by atoms with van der Waals surface area (Å²) >= 11 is 0. The summed E-state index contributed by atoms with van der Waals surface area (Å²) in [5, 5.41) is 7.38. The topological polar surface area (TPSA) is 50.2 Å². The van der Waals surface area contributed by atoms with Crippen LogP contribution in [0.3, 0.4) is 0 Å². The molecule has 130 valence electrons. The molecule has 0 radical (unpaired) electrons. The first kappa shape index (κ1) is 18.1. The molecule has 0 saturated carbocycles. The zero-order chi connectivity index (χ0) is 17.9. The van der Waals surface area contributed by atoms with Gasteiger partial charge < -0.3 is 5.32 Å². The number of nitrogens with one attached hydrogen (secondary N) is 1. The Bertz CT molecular complexity index is 724. The molecule has 6 heteroatoms. The second kappa shape index (κ2) is 7.57. The first-order chi connectivity index (χ1) is 11.3. The molecule has 1 amide bonds. The van der Waals surface area contributed by atoms with E-state index in [9.17, 15) is 9.18 Å². The molecule has 2 rings (SSSR count). The Morgan fingerprint density at radius 3 is 2.58 bits per heavy atom. The van der Waals surface area contributed by atoms with Crippen LogP contribution in [0.5, 0.6) is 0 Å². The van der Waals surface area contributed by atoms with E-state index >= 15 is 0 Å². The third-order valence-corrected chi connectivity index (χ3v) is 4.30. The normalized spacial score (nSPS) is 12.5. The third kappa shape index (κ3) is 4.00.